The van der Waals surface area contributed by atoms with Crippen LogP contribution < -0.4 is 5.73 Å². The van der Waals surface area contributed by atoms with Crippen LogP contribution in [0.3, 0.4) is 0 Å². The quantitative estimate of drug-likeness (QED) is 0.798. The van der Waals surface area contributed by atoms with Crippen molar-refractivity contribution in [2.75, 3.05) is 19.6 Å². The highest BCUT2D eigenvalue weighted by atomic mass is 15.2. The molecule has 0 saturated carbocycles. The van der Waals surface area contributed by atoms with Crippen molar-refractivity contribution < 1.29 is 0 Å². The van der Waals surface area contributed by atoms with Crippen LogP contribution in [0.1, 0.15) is 53.9 Å². The average Bonchev–Trinajstić information content (AvgIpc) is 2.66. The van der Waals surface area contributed by atoms with Crippen molar-refractivity contribution in [2.24, 2.45) is 17.1 Å². The van der Waals surface area contributed by atoms with Gasteiger partial charge in [-0.3, -0.25) is 4.90 Å². The smallest absolute Gasteiger partial charge is 0.0303 e. The third-order valence-corrected chi connectivity index (χ3v) is 4.40. The van der Waals surface area contributed by atoms with Gasteiger partial charge in [-0.05, 0) is 37.6 Å². The fourth-order valence-electron chi connectivity index (χ4n) is 2.89. The van der Waals surface area contributed by atoms with Crippen molar-refractivity contribution in [3.63, 3.8) is 0 Å². The Labute approximate surface area is 102 Å². The van der Waals surface area contributed by atoms with Crippen LogP contribution in [0.4, 0.5) is 0 Å². The molecule has 0 radical (unpaired) electrons. The minimum absolute atomic E-state index is 0.231. The lowest BCUT2D eigenvalue weighted by atomic mass is 9.80. The standard InChI is InChI=1S/C14H30N2/c1-6-8-14(5,11-15)16-9-7-12(10-16)13(2,3)4/h12H,6-11,15H2,1-5H3. The van der Waals surface area contributed by atoms with Gasteiger partial charge < -0.3 is 5.73 Å². The zero-order valence-corrected chi connectivity index (χ0v) is 11.8. The minimum Gasteiger partial charge on any atom is -0.329 e. The maximum absolute atomic E-state index is 5.99. The van der Waals surface area contributed by atoms with Crippen LogP contribution in [0.15, 0.2) is 0 Å². The molecule has 1 aliphatic rings. The number of likely N-dealkylation sites (tertiary alicyclic amines) is 1. The van der Waals surface area contributed by atoms with E-state index in [0.717, 1.165) is 12.5 Å². The van der Waals surface area contributed by atoms with Crippen LogP contribution in [0.25, 0.3) is 0 Å². The van der Waals surface area contributed by atoms with E-state index in [9.17, 15) is 0 Å². The Balaban J connectivity index is 2.64. The molecule has 0 amide bonds. The zero-order valence-electron chi connectivity index (χ0n) is 11.8. The number of nitrogens with two attached hydrogens (primary N) is 1. The molecule has 0 spiro atoms. The summed E-state index contributed by atoms with van der Waals surface area (Å²) < 4.78 is 0. The van der Waals surface area contributed by atoms with Crippen LogP contribution in [0.5, 0.6) is 0 Å². The molecule has 0 aliphatic carbocycles. The molecule has 16 heavy (non-hydrogen) atoms. The highest BCUT2D eigenvalue weighted by molar-refractivity contribution is 4.94. The molecule has 0 aromatic heterocycles. The summed E-state index contributed by atoms with van der Waals surface area (Å²) in [6.07, 6.45) is 3.79. The summed E-state index contributed by atoms with van der Waals surface area (Å²) in [4.78, 5) is 2.63. The lowest BCUT2D eigenvalue weighted by Gasteiger charge is -2.39. The lowest BCUT2D eigenvalue weighted by molar-refractivity contribution is 0.114. The Kier molecular flexibility index (Phi) is 4.42. The van der Waals surface area contributed by atoms with Gasteiger partial charge in [0.05, 0.1) is 0 Å². The SMILES string of the molecule is CCCC(C)(CN)N1CCC(C(C)(C)C)C1. The normalized spacial score (nSPS) is 27.0. The van der Waals surface area contributed by atoms with Gasteiger partial charge in [0.1, 0.15) is 0 Å². The summed E-state index contributed by atoms with van der Waals surface area (Å²) >= 11 is 0. The Morgan fingerprint density at radius 1 is 1.25 bits per heavy atom. The van der Waals surface area contributed by atoms with Gasteiger partial charge in [-0.1, -0.05) is 34.1 Å². The minimum atomic E-state index is 0.231. The molecule has 0 aromatic rings. The predicted molar refractivity (Wildman–Crippen MR) is 71.5 cm³/mol. The van der Waals surface area contributed by atoms with Gasteiger partial charge in [-0.25, -0.2) is 0 Å². The van der Waals surface area contributed by atoms with Gasteiger partial charge in [0.25, 0.3) is 0 Å². The van der Waals surface area contributed by atoms with Crippen LogP contribution >= 0.6 is 0 Å². The molecular formula is C14H30N2. The molecule has 96 valence electrons. The predicted octanol–water partition coefficient (Wildman–Crippen LogP) is 2.87. The van der Waals surface area contributed by atoms with Gasteiger partial charge in [-0.2, -0.15) is 0 Å². The van der Waals surface area contributed by atoms with E-state index in [4.69, 9.17) is 5.73 Å². The van der Waals surface area contributed by atoms with E-state index >= 15 is 0 Å². The van der Waals surface area contributed by atoms with E-state index in [1.54, 1.807) is 0 Å². The summed E-state index contributed by atoms with van der Waals surface area (Å²) in [5.74, 6) is 0.829. The third-order valence-electron chi connectivity index (χ3n) is 4.40. The Bertz CT molecular complexity index is 219. The van der Waals surface area contributed by atoms with E-state index in [1.165, 1.54) is 32.4 Å². The summed E-state index contributed by atoms with van der Waals surface area (Å²) in [5, 5.41) is 0. The van der Waals surface area contributed by atoms with Crippen molar-refractivity contribution in [3.05, 3.63) is 0 Å². The van der Waals surface area contributed by atoms with Crippen molar-refractivity contribution in [1.82, 2.24) is 4.90 Å². The molecule has 1 rings (SSSR count). The molecule has 2 unspecified atom stereocenters. The first-order valence-corrected chi connectivity index (χ1v) is 6.78. The molecular weight excluding hydrogens is 196 g/mol. The van der Waals surface area contributed by atoms with Gasteiger partial charge in [0.2, 0.25) is 0 Å². The highest BCUT2D eigenvalue weighted by Crippen LogP contribution is 2.37. The molecule has 2 atom stereocenters. The van der Waals surface area contributed by atoms with Crippen LogP contribution in [-0.4, -0.2) is 30.1 Å². The first-order valence-electron chi connectivity index (χ1n) is 6.78. The fraction of sp³-hybridized carbons (Fsp3) is 1.00. The van der Waals surface area contributed by atoms with E-state index in [0.29, 0.717) is 5.41 Å². The summed E-state index contributed by atoms with van der Waals surface area (Å²) in [6, 6.07) is 0. The molecule has 1 heterocycles. The molecule has 2 N–H and O–H groups in total. The van der Waals surface area contributed by atoms with Crippen molar-refractivity contribution in [1.29, 1.82) is 0 Å². The first kappa shape index (κ1) is 14.0. The summed E-state index contributed by atoms with van der Waals surface area (Å²) in [5.41, 5.74) is 6.66. The monoisotopic (exact) mass is 226 g/mol. The van der Waals surface area contributed by atoms with E-state index in [-0.39, 0.29) is 5.54 Å². The second-order valence-electron chi connectivity index (χ2n) is 6.75. The Morgan fingerprint density at radius 2 is 1.88 bits per heavy atom. The average molecular weight is 226 g/mol. The maximum atomic E-state index is 5.99. The second kappa shape index (κ2) is 5.05. The molecule has 2 nitrogen and oxygen atoms in total. The number of hydrogen-bond acceptors (Lipinski definition) is 2. The van der Waals surface area contributed by atoms with Crippen LogP contribution in [0, 0.1) is 11.3 Å². The zero-order chi connectivity index (χ0) is 12.4. The van der Waals surface area contributed by atoms with Gasteiger partial charge >= 0.3 is 0 Å². The molecule has 2 heteroatoms. The van der Waals surface area contributed by atoms with Gasteiger partial charge in [0.15, 0.2) is 0 Å². The molecule has 0 aromatic carbocycles. The summed E-state index contributed by atoms with van der Waals surface area (Å²) in [7, 11) is 0. The van der Waals surface area contributed by atoms with E-state index < -0.39 is 0 Å². The van der Waals surface area contributed by atoms with Crippen LogP contribution in [-0.2, 0) is 0 Å². The number of nitrogens with zero attached hydrogens (tertiary/aromatic N) is 1. The first-order chi connectivity index (χ1) is 7.33. The van der Waals surface area contributed by atoms with Crippen LogP contribution in [0.2, 0.25) is 0 Å². The number of hydrogen-bond donors (Lipinski definition) is 1. The third kappa shape index (κ3) is 2.98. The maximum Gasteiger partial charge on any atom is 0.0303 e. The second-order valence-corrected chi connectivity index (χ2v) is 6.75. The molecule has 1 fully saturated rings. The van der Waals surface area contributed by atoms with Crippen molar-refractivity contribution >= 4 is 0 Å². The highest BCUT2D eigenvalue weighted by Gasteiger charge is 2.38. The van der Waals surface area contributed by atoms with Crippen molar-refractivity contribution in [2.45, 2.75) is 59.4 Å². The molecule has 1 saturated heterocycles. The van der Waals surface area contributed by atoms with Gasteiger partial charge in [-0.15, -0.1) is 0 Å². The Morgan fingerprint density at radius 3 is 2.25 bits per heavy atom. The van der Waals surface area contributed by atoms with Crippen molar-refractivity contribution in [3.8, 4) is 0 Å². The Hall–Kier alpha value is -0.0800. The van der Waals surface area contributed by atoms with E-state index in [2.05, 4.69) is 39.5 Å². The molecule has 1 aliphatic heterocycles. The summed E-state index contributed by atoms with van der Waals surface area (Å²) in [6.45, 7) is 14.9. The van der Waals surface area contributed by atoms with E-state index in [1.807, 2.05) is 0 Å². The number of rotatable bonds is 4. The topological polar surface area (TPSA) is 29.3 Å². The molecule has 0 bridgehead atoms. The largest absolute Gasteiger partial charge is 0.329 e. The van der Waals surface area contributed by atoms with Gasteiger partial charge in [0, 0.05) is 18.6 Å². The lowest BCUT2D eigenvalue weighted by Crippen LogP contribution is -2.50. The fourth-order valence-corrected chi connectivity index (χ4v) is 2.89.